The molecular formula is C24H19N7O3. The molecule has 0 fully saturated rings. The molecule has 34 heavy (non-hydrogen) atoms. The Kier molecular flexibility index (Phi) is 5.14. The van der Waals surface area contributed by atoms with Gasteiger partial charge in [0.25, 0.3) is 11.6 Å². The average Bonchev–Trinajstić information content (AvgIpc) is 3.50. The van der Waals surface area contributed by atoms with E-state index in [9.17, 15) is 10.1 Å². The summed E-state index contributed by atoms with van der Waals surface area (Å²) in [5.74, 6) is 0.676. The number of rotatable bonds is 6. The van der Waals surface area contributed by atoms with E-state index in [0.717, 1.165) is 0 Å². The minimum atomic E-state index is -1.66. The van der Waals surface area contributed by atoms with E-state index in [2.05, 4.69) is 31.8 Å². The first-order chi connectivity index (χ1) is 16.5. The molecule has 168 valence electrons. The lowest BCUT2D eigenvalue weighted by Crippen LogP contribution is -2.51. The highest BCUT2D eigenvalue weighted by atomic mass is 16.5. The van der Waals surface area contributed by atoms with Crippen molar-refractivity contribution in [2.24, 2.45) is 0 Å². The van der Waals surface area contributed by atoms with Crippen LogP contribution in [0.4, 0.5) is 0 Å². The number of nitriles is 1. The van der Waals surface area contributed by atoms with Crippen LogP contribution in [0.25, 0.3) is 27.9 Å². The maximum atomic E-state index is 12.8. The zero-order chi connectivity index (χ0) is 23.7. The van der Waals surface area contributed by atoms with E-state index >= 15 is 0 Å². The van der Waals surface area contributed by atoms with Gasteiger partial charge in [-0.2, -0.15) is 9.78 Å². The van der Waals surface area contributed by atoms with Crippen molar-refractivity contribution in [1.82, 2.24) is 30.3 Å². The van der Waals surface area contributed by atoms with Gasteiger partial charge >= 0.3 is 0 Å². The summed E-state index contributed by atoms with van der Waals surface area (Å²) in [7, 11) is 0. The largest absolute Gasteiger partial charge is 0.436 e. The van der Waals surface area contributed by atoms with E-state index in [1.54, 1.807) is 44.2 Å². The molecule has 0 saturated heterocycles. The van der Waals surface area contributed by atoms with Gasteiger partial charge in [0.15, 0.2) is 11.3 Å². The third-order valence-electron chi connectivity index (χ3n) is 5.39. The van der Waals surface area contributed by atoms with Gasteiger partial charge in [-0.25, -0.2) is 0 Å². The van der Waals surface area contributed by atoms with Crippen molar-refractivity contribution in [2.75, 3.05) is 0 Å². The lowest BCUT2D eigenvalue weighted by Gasteiger charge is -2.27. The van der Waals surface area contributed by atoms with Crippen LogP contribution in [0.1, 0.15) is 29.5 Å². The van der Waals surface area contributed by atoms with Gasteiger partial charge in [-0.05, 0) is 25.1 Å². The zero-order valence-corrected chi connectivity index (χ0v) is 18.4. The number of nitrogens with one attached hydrogen (secondary N) is 1. The van der Waals surface area contributed by atoms with E-state index in [4.69, 9.17) is 9.26 Å². The first-order valence-corrected chi connectivity index (χ1v) is 10.6. The number of carbonyl (C=O) groups excluding carboxylic acids is 1. The maximum absolute atomic E-state index is 12.8. The second-order valence-corrected chi connectivity index (χ2v) is 7.65. The molecule has 10 nitrogen and oxygen atoms in total. The molecular weight excluding hydrogens is 434 g/mol. The van der Waals surface area contributed by atoms with Crippen molar-refractivity contribution < 1.29 is 14.1 Å². The quantitative estimate of drug-likeness (QED) is 0.385. The molecule has 0 aliphatic carbocycles. The molecule has 0 spiro atoms. The number of ether oxygens (including phenoxy) is 1. The van der Waals surface area contributed by atoms with E-state index in [1.165, 1.54) is 4.52 Å². The van der Waals surface area contributed by atoms with Crippen molar-refractivity contribution >= 4 is 22.3 Å². The lowest BCUT2D eigenvalue weighted by atomic mass is 10.1. The summed E-state index contributed by atoms with van der Waals surface area (Å²) in [5, 5.41) is 31.2. The van der Waals surface area contributed by atoms with E-state index in [-0.39, 0.29) is 12.3 Å². The van der Waals surface area contributed by atoms with Crippen molar-refractivity contribution in [1.29, 1.82) is 5.26 Å². The van der Waals surface area contributed by atoms with Crippen LogP contribution >= 0.6 is 0 Å². The van der Waals surface area contributed by atoms with E-state index in [1.807, 2.05) is 30.3 Å². The number of benzene rings is 2. The van der Waals surface area contributed by atoms with Crippen LogP contribution < -0.4 is 10.1 Å². The Morgan fingerprint density at radius 3 is 2.56 bits per heavy atom. The minimum Gasteiger partial charge on any atom is -0.436 e. The highest BCUT2D eigenvalue weighted by Crippen LogP contribution is 2.31. The summed E-state index contributed by atoms with van der Waals surface area (Å²) < 4.78 is 12.8. The molecule has 3 aromatic heterocycles. The highest BCUT2D eigenvalue weighted by molar-refractivity contribution is 5.97. The Balaban J connectivity index is 1.62. The maximum Gasteiger partial charge on any atom is 0.273 e. The molecule has 2 aromatic carbocycles. The molecule has 1 N–H and O–H groups in total. The molecule has 1 unspecified atom stereocenters. The second kappa shape index (κ2) is 8.29. The summed E-state index contributed by atoms with van der Waals surface area (Å²) in [5.41, 5.74) is -0.297. The van der Waals surface area contributed by atoms with Gasteiger partial charge in [-0.1, -0.05) is 48.5 Å². The van der Waals surface area contributed by atoms with Crippen molar-refractivity contribution in [3.05, 3.63) is 72.0 Å². The Hall–Kier alpha value is -4.78. The molecule has 0 bridgehead atoms. The van der Waals surface area contributed by atoms with Gasteiger partial charge in [0.05, 0.1) is 0 Å². The Morgan fingerprint density at radius 2 is 1.88 bits per heavy atom. The van der Waals surface area contributed by atoms with Crippen molar-refractivity contribution in [2.45, 2.75) is 26.0 Å². The standard InChI is InChI=1S/C24H19N7O3/c1-3-24(14-25,26-22(32)16-9-5-4-6-10-16)33-23-18-12-8-7-11-17(18)20-27-28-21(31(20)29-23)19-13-15(2)34-30-19/h4-13H,3H2,1-2H3,(H,26,32). The van der Waals surface area contributed by atoms with Gasteiger partial charge in [0.2, 0.25) is 11.7 Å². The van der Waals surface area contributed by atoms with Crippen LogP contribution in [0, 0.1) is 18.3 Å². The topological polar surface area (TPSA) is 131 Å². The SMILES string of the molecule is CCC(C#N)(NC(=O)c1ccccc1)Oc1nn2c(-c3cc(C)on3)nnc2c2ccccc12. The molecule has 0 radical (unpaired) electrons. The Labute approximate surface area is 193 Å². The van der Waals surface area contributed by atoms with Crippen LogP contribution in [-0.2, 0) is 0 Å². The number of aromatic nitrogens is 5. The Bertz CT molecular complexity index is 1550. The third-order valence-corrected chi connectivity index (χ3v) is 5.39. The predicted octanol–water partition coefficient (Wildman–Crippen LogP) is 3.68. The third kappa shape index (κ3) is 3.59. The summed E-state index contributed by atoms with van der Waals surface area (Å²) in [6, 6.07) is 19.8. The molecule has 0 saturated carbocycles. The van der Waals surface area contributed by atoms with Crippen LogP contribution in [0.15, 0.2) is 65.2 Å². The van der Waals surface area contributed by atoms with Crippen molar-refractivity contribution in [3.8, 4) is 23.5 Å². The van der Waals surface area contributed by atoms with Gasteiger partial charge in [0, 0.05) is 28.8 Å². The fraction of sp³-hybridized carbons (Fsp3) is 0.167. The highest BCUT2D eigenvalue weighted by Gasteiger charge is 2.35. The van der Waals surface area contributed by atoms with Gasteiger partial charge < -0.3 is 14.6 Å². The summed E-state index contributed by atoms with van der Waals surface area (Å²) in [4.78, 5) is 12.8. The predicted molar refractivity (Wildman–Crippen MR) is 122 cm³/mol. The number of hydrogen-bond acceptors (Lipinski definition) is 8. The molecule has 0 aliphatic rings. The molecule has 3 heterocycles. The summed E-state index contributed by atoms with van der Waals surface area (Å²) in [6.45, 7) is 3.52. The van der Waals surface area contributed by atoms with Gasteiger partial charge in [-0.3, -0.25) is 4.79 Å². The lowest BCUT2D eigenvalue weighted by molar-refractivity contribution is 0.0595. The molecule has 1 atom stereocenters. The monoisotopic (exact) mass is 453 g/mol. The van der Waals surface area contributed by atoms with Crippen molar-refractivity contribution in [3.63, 3.8) is 0 Å². The minimum absolute atomic E-state index is 0.140. The van der Waals surface area contributed by atoms with E-state index < -0.39 is 11.6 Å². The van der Waals surface area contributed by atoms with Crippen LogP contribution in [-0.4, -0.2) is 36.6 Å². The number of nitrogens with zero attached hydrogens (tertiary/aromatic N) is 6. The van der Waals surface area contributed by atoms with Crippen LogP contribution in [0.5, 0.6) is 5.88 Å². The molecule has 0 aliphatic heterocycles. The van der Waals surface area contributed by atoms with Gasteiger partial charge in [-0.15, -0.1) is 15.3 Å². The fourth-order valence-corrected chi connectivity index (χ4v) is 3.58. The molecule has 5 rings (SSSR count). The molecule has 10 heteroatoms. The number of aryl methyl sites for hydroxylation is 1. The fourth-order valence-electron chi connectivity index (χ4n) is 3.58. The number of fused-ring (bicyclic) bond motifs is 3. The smallest absolute Gasteiger partial charge is 0.273 e. The first kappa shape index (κ1) is 21.1. The van der Waals surface area contributed by atoms with Crippen LogP contribution in [0.2, 0.25) is 0 Å². The molecule has 5 aromatic rings. The first-order valence-electron chi connectivity index (χ1n) is 10.6. The average molecular weight is 453 g/mol. The Morgan fingerprint density at radius 1 is 1.15 bits per heavy atom. The summed E-state index contributed by atoms with van der Waals surface area (Å²) >= 11 is 0. The summed E-state index contributed by atoms with van der Waals surface area (Å²) in [6.07, 6.45) is 0.174. The zero-order valence-electron chi connectivity index (χ0n) is 18.4. The number of amides is 1. The van der Waals surface area contributed by atoms with E-state index in [0.29, 0.717) is 39.3 Å². The second-order valence-electron chi connectivity index (χ2n) is 7.65. The number of carbonyl (C=O) groups is 1. The normalized spacial score (nSPS) is 12.9. The van der Waals surface area contributed by atoms with Crippen LogP contribution in [0.3, 0.4) is 0 Å². The number of hydrogen-bond donors (Lipinski definition) is 1. The van der Waals surface area contributed by atoms with Gasteiger partial charge in [0.1, 0.15) is 11.8 Å². The molecule has 1 amide bonds.